The number of aliphatic imine (C=N–C) groups is 1. The molecule has 0 aliphatic heterocycles. The summed E-state index contributed by atoms with van der Waals surface area (Å²) in [6.07, 6.45) is 5.00. The molecule has 4 N–H and O–H groups in total. The number of carbonyl (C=O) groups excluding carboxylic acids is 1. The first-order valence-corrected chi connectivity index (χ1v) is 7.39. The molecule has 0 aliphatic rings. The second-order valence-electron chi connectivity index (χ2n) is 5.35. The van der Waals surface area contributed by atoms with Crippen LogP contribution in [-0.2, 0) is 4.79 Å². The Bertz CT molecular complexity index is 830. The molecule has 0 aliphatic carbocycles. The number of anilines is 1. The number of aryl methyl sites for hydroxylation is 1. The zero-order valence-corrected chi connectivity index (χ0v) is 18.1. The number of nitrogens with zero attached hydrogens (tertiary/aromatic N) is 3. The van der Waals surface area contributed by atoms with Crippen molar-refractivity contribution in [2.75, 3.05) is 12.8 Å². The Morgan fingerprint density at radius 2 is 2.00 bits per heavy atom. The van der Waals surface area contributed by atoms with Gasteiger partial charge in [-0.1, -0.05) is 6.07 Å². The van der Waals surface area contributed by atoms with E-state index in [4.69, 9.17) is 11.5 Å². The van der Waals surface area contributed by atoms with Crippen molar-refractivity contribution in [3.05, 3.63) is 59.2 Å². The smallest absolute Gasteiger partial charge is 0.686 e. The van der Waals surface area contributed by atoms with E-state index in [9.17, 15) is 4.79 Å². The van der Waals surface area contributed by atoms with E-state index in [1.54, 1.807) is 25.5 Å². The van der Waals surface area contributed by atoms with Gasteiger partial charge in [-0.15, -0.1) is 12.7 Å². The minimum Gasteiger partial charge on any atom is -0.686 e. The second kappa shape index (κ2) is 9.84. The number of benzene rings is 1. The van der Waals surface area contributed by atoms with E-state index >= 15 is 0 Å². The van der Waals surface area contributed by atoms with Crippen LogP contribution in [0.3, 0.4) is 0 Å². The van der Waals surface area contributed by atoms with Crippen molar-refractivity contribution < 1.29 is 56.2 Å². The molecule has 0 bridgehead atoms. The molecule has 0 radical (unpaired) electrons. The number of hydrogen-bond acceptors (Lipinski definition) is 3. The maximum Gasteiger partial charge on any atom is 1.00 e. The molecule has 6 nitrogen and oxygen atoms in total. The second-order valence-corrected chi connectivity index (χ2v) is 5.35. The first kappa shape index (κ1) is 21.5. The van der Waals surface area contributed by atoms with Crippen LogP contribution < -0.4 is 62.9 Å². The van der Waals surface area contributed by atoms with Crippen molar-refractivity contribution in [1.29, 1.82) is 0 Å². The maximum atomic E-state index is 11.0. The molecular weight excluding hydrogens is 341 g/mol. The summed E-state index contributed by atoms with van der Waals surface area (Å²) in [5, 5.41) is 4.20. The fourth-order valence-electron chi connectivity index (χ4n) is 2.31. The van der Waals surface area contributed by atoms with Crippen LogP contribution in [0.5, 0.6) is 0 Å². The first-order valence-electron chi connectivity index (χ1n) is 7.39. The van der Waals surface area contributed by atoms with Gasteiger partial charge >= 0.3 is 51.4 Å². The zero-order valence-electron chi connectivity index (χ0n) is 14.9. The minimum atomic E-state index is -0.360. The Balaban J connectivity index is 0.00000312. The summed E-state index contributed by atoms with van der Waals surface area (Å²) in [5.74, 6) is -0.255. The molecule has 0 saturated heterocycles. The maximum absolute atomic E-state index is 11.0. The molecule has 7 heteroatoms. The standard InChI is InChI=1S/C18H21N5O.K/c1-11-4-5-15(19)7-16(11)13-6-14(10-22-9-13)17(21-3)8-18(20)23-12(2)24;/h4-10H,19H2,1-3H3,(H3,20,21,23,24);/q;+1/p-1. The number of pyridine rings is 1. The fraction of sp³-hybridized carbons (Fsp3) is 0.167. The van der Waals surface area contributed by atoms with Gasteiger partial charge in [-0.25, -0.2) is 0 Å². The van der Waals surface area contributed by atoms with Crippen LogP contribution in [0.15, 0.2) is 47.7 Å². The number of rotatable bonds is 4. The third-order valence-electron chi connectivity index (χ3n) is 3.42. The van der Waals surface area contributed by atoms with Gasteiger partial charge < -0.3 is 16.8 Å². The van der Waals surface area contributed by atoms with Crippen molar-refractivity contribution in [3.8, 4) is 11.1 Å². The first-order chi connectivity index (χ1) is 11.4. The summed E-state index contributed by atoms with van der Waals surface area (Å²) in [4.78, 5) is 19.0. The van der Waals surface area contributed by atoms with Gasteiger partial charge in [0.05, 0.1) is 0 Å². The van der Waals surface area contributed by atoms with Gasteiger partial charge in [0.1, 0.15) is 5.84 Å². The van der Waals surface area contributed by atoms with Gasteiger partial charge in [-0.05, 0) is 47.9 Å². The third-order valence-corrected chi connectivity index (χ3v) is 3.42. The summed E-state index contributed by atoms with van der Waals surface area (Å²) in [6, 6.07) is 7.69. The van der Waals surface area contributed by atoms with Gasteiger partial charge in [-0.3, -0.25) is 9.78 Å². The van der Waals surface area contributed by atoms with Crippen LogP contribution in [0.2, 0.25) is 0 Å². The Kier molecular flexibility index (Phi) is 8.47. The van der Waals surface area contributed by atoms with E-state index in [0.29, 0.717) is 11.4 Å². The zero-order chi connectivity index (χ0) is 17.7. The van der Waals surface area contributed by atoms with Crippen LogP contribution >= 0.6 is 0 Å². The summed E-state index contributed by atoms with van der Waals surface area (Å²) in [5.41, 5.74) is 16.7. The summed E-state index contributed by atoms with van der Waals surface area (Å²) in [7, 11) is 1.64. The average Bonchev–Trinajstić information content (AvgIpc) is 2.54. The van der Waals surface area contributed by atoms with Crippen molar-refractivity contribution >= 4 is 23.1 Å². The van der Waals surface area contributed by atoms with E-state index in [1.807, 2.05) is 31.2 Å². The number of amidine groups is 1. The van der Waals surface area contributed by atoms with E-state index in [-0.39, 0.29) is 63.1 Å². The SMILES string of the molecule is C[N-]/C(=C\C(N)=NC(C)=O)c1cncc(-c2cc(N)ccc2C)c1.[K+]. The molecule has 0 atom stereocenters. The van der Waals surface area contributed by atoms with Crippen LogP contribution in [0.4, 0.5) is 5.69 Å². The molecule has 25 heavy (non-hydrogen) atoms. The van der Waals surface area contributed by atoms with Crippen molar-refractivity contribution in [1.82, 2.24) is 4.98 Å². The third kappa shape index (κ3) is 6.05. The van der Waals surface area contributed by atoms with E-state index in [2.05, 4.69) is 15.3 Å². The van der Waals surface area contributed by atoms with Crippen LogP contribution in [-0.4, -0.2) is 23.8 Å². The van der Waals surface area contributed by atoms with Crippen LogP contribution in [0.1, 0.15) is 18.1 Å². The van der Waals surface area contributed by atoms with Gasteiger partial charge in [-0.2, -0.15) is 4.99 Å². The summed E-state index contributed by atoms with van der Waals surface area (Å²) >= 11 is 0. The molecule has 124 valence electrons. The predicted octanol–water partition coefficient (Wildman–Crippen LogP) is -0.109. The molecule has 1 aromatic heterocycles. The van der Waals surface area contributed by atoms with Crippen molar-refractivity contribution in [2.45, 2.75) is 13.8 Å². The number of nitrogens with two attached hydrogens (primary N) is 2. The summed E-state index contributed by atoms with van der Waals surface area (Å²) < 4.78 is 0. The molecule has 0 spiro atoms. The normalized spacial score (nSPS) is 11.6. The largest absolute Gasteiger partial charge is 1.00 e. The number of carbonyl (C=O) groups is 1. The topological polar surface area (TPSA) is 108 Å². The molecule has 1 aromatic carbocycles. The van der Waals surface area contributed by atoms with Crippen molar-refractivity contribution in [2.24, 2.45) is 10.7 Å². The quantitative estimate of drug-likeness (QED) is 0.343. The number of amides is 1. The predicted molar refractivity (Wildman–Crippen MR) is 98.4 cm³/mol. The van der Waals surface area contributed by atoms with Gasteiger partial charge in [0.2, 0.25) is 5.91 Å². The Morgan fingerprint density at radius 1 is 1.28 bits per heavy atom. The number of hydrogen-bond donors (Lipinski definition) is 2. The number of nitrogen functional groups attached to an aromatic ring is 1. The molecule has 2 rings (SSSR count). The number of aromatic nitrogens is 1. The van der Waals surface area contributed by atoms with Gasteiger partial charge in [0, 0.05) is 30.6 Å². The van der Waals surface area contributed by atoms with E-state index in [0.717, 1.165) is 22.3 Å². The molecule has 1 amide bonds. The van der Waals surface area contributed by atoms with Gasteiger partial charge in [0.15, 0.2) is 0 Å². The molecule has 1 heterocycles. The van der Waals surface area contributed by atoms with Crippen LogP contribution in [0, 0.1) is 6.92 Å². The molecule has 0 unspecified atom stereocenters. The fourth-order valence-corrected chi connectivity index (χ4v) is 2.31. The summed E-state index contributed by atoms with van der Waals surface area (Å²) in [6.45, 7) is 3.36. The molecular formula is C18H20KN5O. The Morgan fingerprint density at radius 3 is 2.64 bits per heavy atom. The van der Waals surface area contributed by atoms with E-state index < -0.39 is 0 Å². The molecule has 0 saturated carbocycles. The van der Waals surface area contributed by atoms with Crippen molar-refractivity contribution in [3.63, 3.8) is 0 Å². The van der Waals surface area contributed by atoms with E-state index in [1.165, 1.54) is 6.92 Å². The molecule has 0 fully saturated rings. The van der Waals surface area contributed by atoms with Gasteiger partial charge in [0.25, 0.3) is 0 Å². The monoisotopic (exact) mass is 361 g/mol. The minimum absolute atomic E-state index is 0. The Hall–Kier alpha value is -1.51. The van der Waals surface area contributed by atoms with Crippen LogP contribution in [0.25, 0.3) is 22.1 Å². The average molecular weight is 361 g/mol. The molecule has 2 aromatic rings. The Labute approximate surface area is 190 Å².